The van der Waals surface area contributed by atoms with Crippen molar-refractivity contribution in [1.29, 1.82) is 0 Å². The van der Waals surface area contributed by atoms with E-state index in [2.05, 4.69) is 0 Å². The molecule has 0 spiro atoms. The molecule has 0 heterocycles. The highest BCUT2D eigenvalue weighted by Crippen LogP contribution is 2.22. The summed E-state index contributed by atoms with van der Waals surface area (Å²) in [5, 5.41) is 9.40. The molecule has 20 heavy (non-hydrogen) atoms. The zero-order valence-corrected chi connectivity index (χ0v) is 12.9. The van der Waals surface area contributed by atoms with Crippen LogP contribution in [0.1, 0.15) is 59.0 Å². The molecule has 1 amide bonds. The number of aromatic carboxylic acids is 1. The zero-order chi connectivity index (χ0) is 15.4. The van der Waals surface area contributed by atoms with Gasteiger partial charge in [0.15, 0.2) is 0 Å². The van der Waals surface area contributed by atoms with E-state index >= 15 is 0 Å². The summed E-state index contributed by atoms with van der Waals surface area (Å²) in [5.74, 6) is -1.24. The predicted molar refractivity (Wildman–Crippen MR) is 79.3 cm³/mol. The highest BCUT2D eigenvalue weighted by Gasteiger charge is 2.26. The SMILES string of the molecule is CCC(C)N(CC)C(=O)c1c(C)ccc(C)c1C(=O)O. The van der Waals surface area contributed by atoms with Crippen LogP contribution in [0.25, 0.3) is 0 Å². The number of benzene rings is 1. The van der Waals surface area contributed by atoms with E-state index in [1.165, 1.54) is 0 Å². The highest BCUT2D eigenvalue weighted by atomic mass is 16.4. The van der Waals surface area contributed by atoms with Crippen LogP contribution in [0.15, 0.2) is 12.1 Å². The number of carbonyl (C=O) groups is 2. The van der Waals surface area contributed by atoms with Crippen molar-refractivity contribution >= 4 is 11.9 Å². The Bertz CT molecular complexity index is 523. The molecule has 4 heteroatoms. The molecule has 0 saturated heterocycles. The molecule has 1 N–H and O–H groups in total. The second-order valence-electron chi connectivity index (χ2n) is 5.10. The molecule has 1 aromatic carbocycles. The Labute approximate surface area is 120 Å². The number of aryl methyl sites for hydroxylation is 2. The van der Waals surface area contributed by atoms with Gasteiger partial charge in [0.1, 0.15) is 0 Å². The van der Waals surface area contributed by atoms with Crippen LogP contribution in [0.5, 0.6) is 0 Å². The second-order valence-corrected chi connectivity index (χ2v) is 5.10. The van der Waals surface area contributed by atoms with Gasteiger partial charge in [-0.25, -0.2) is 4.79 Å². The van der Waals surface area contributed by atoms with Gasteiger partial charge in [0, 0.05) is 12.6 Å². The van der Waals surface area contributed by atoms with Gasteiger partial charge in [0.25, 0.3) is 5.91 Å². The first-order chi connectivity index (χ1) is 9.34. The van der Waals surface area contributed by atoms with Gasteiger partial charge < -0.3 is 10.0 Å². The van der Waals surface area contributed by atoms with Gasteiger partial charge in [-0.3, -0.25) is 4.79 Å². The summed E-state index contributed by atoms with van der Waals surface area (Å²) in [4.78, 5) is 25.9. The van der Waals surface area contributed by atoms with Crippen LogP contribution in [-0.2, 0) is 0 Å². The van der Waals surface area contributed by atoms with Crippen LogP contribution >= 0.6 is 0 Å². The van der Waals surface area contributed by atoms with Crippen molar-refractivity contribution in [3.8, 4) is 0 Å². The number of amides is 1. The molecule has 0 bridgehead atoms. The largest absolute Gasteiger partial charge is 0.478 e. The Kier molecular flexibility index (Phi) is 5.31. The quantitative estimate of drug-likeness (QED) is 0.898. The first-order valence-electron chi connectivity index (χ1n) is 6.99. The molecule has 0 aliphatic heterocycles. The summed E-state index contributed by atoms with van der Waals surface area (Å²) < 4.78 is 0. The van der Waals surface area contributed by atoms with E-state index in [0.717, 1.165) is 6.42 Å². The maximum atomic E-state index is 12.7. The lowest BCUT2D eigenvalue weighted by Gasteiger charge is -2.28. The lowest BCUT2D eigenvalue weighted by Crippen LogP contribution is -2.39. The molecule has 0 saturated carbocycles. The van der Waals surface area contributed by atoms with Crippen molar-refractivity contribution in [3.63, 3.8) is 0 Å². The summed E-state index contributed by atoms with van der Waals surface area (Å²) in [6, 6.07) is 3.64. The standard InChI is InChI=1S/C16H23NO3/c1-6-12(5)17(7-2)15(18)13-10(3)8-9-11(4)14(13)16(19)20/h8-9,12H,6-7H2,1-5H3,(H,19,20). The fourth-order valence-electron chi connectivity index (χ4n) is 2.38. The smallest absolute Gasteiger partial charge is 0.336 e. The molecule has 0 fully saturated rings. The van der Waals surface area contributed by atoms with Crippen molar-refractivity contribution in [1.82, 2.24) is 4.90 Å². The Hall–Kier alpha value is -1.84. The monoisotopic (exact) mass is 277 g/mol. The van der Waals surface area contributed by atoms with E-state index in [4.69, 9.17) is 0 Å². The molecule has 1 unspecified atom stereocenters. The third-order valence-corrected chi connectivity index (χ3v) is 3.77. The number of hydrogen-bond donors (Lipinski definition) is 1. The van der Waals surface area contributed by atoms with Crippen LogP contribution < -0.4 is 0 Å². The zero-order valence-electron chi connectivity index (χ0n) is 12.9. The predicted octanol–water partition coefficient (Wildman–Crippen LogP) is 3.26. The van der Waals surface area contributed by atoms with Crippen molar-refractivity contribution < 1.29 is 14.7 Å². The van der Waals surface area contributed by atoms with E-state index in [1.54, 1.807) is 30.9 Å². The minimum atomic E-state index is -1.05. The van der Waals surface area contributed by atoms with Gasteiger partial charge in [-0.15, -0.1) is 0 Å². The number of carboxylic acids is 1. The topological polar surface area (TPSA) is 57.6 Å². The minimum absolute atomic E-state index is 0.0917. The third-order valence-electron chi connectivity index (χ3n) is 3.77. The fourth-order valence-corrected chi connectivity index (χ4v) is 2.38. The van der Waals surface area contributed by atoms with Gasteiger partial charge in [-0.1, -0.05) is 19.1 Å². The van der Waals surface area contributed by atoms with E-state index in [9.17, 15) is 14.7 Å². The molecule has 0 aromatic heterocycles. The number of nitrogens with zero attached hydrogens (tertiary/aromatic N) is 1. The number of hydrogen-bond acceptors (Lipinski definition) is 2. The van der Waals surface area contributed by atoms with E-state index in [0.29, 0.717) is 23.2 Å². The summed E-state index contributed by atoms with van der Waals surface area (Å²) in [6.45, 7) is 9.98. The molecule has 110 valence electrons. The van der Waals surface area contributed by atoms with Crippen molar-refractivity contribution in [2.75, 3.05) is 6.54 Å². The molecule has 1 atom stereocenters. The van der Waals surface area contributed by atoms with Gasteiger partial charge in [0.05, 0.1) is 11.1 Å². The lowest BCUT2D eigenvalue weighted by molar-refractivity contribution is 0.0654. The van der Waals surface area contributed by atoms with Crippen molar-refractivity contribution in [2.24, 2.45) is 0 Å². The van der Waals surface area contributed by atoms with Gasteiger partial charge >= 0.3 is 5.97 Å². The van der Waals surface area contributed by atoms with Gasteiger partial charge in [0.2, 0.25) is 0 Å². The molecule has 1 rings (SSSR count). The maximum absolute atomic E-state index is 12.7. The molecule has 0 aliphatic rings. The van der Waals surface area contributed by atoms with Crippen LogP contribution in [-0.4, -0.2) is 34.5 Å². The van der Waals surface area contributed by atoms with Crippen molar-refractivity contribution in [3.05, 3.63) is 34.4 Å². The van der Waals surface area contributed by atoms with Crippen LogP contribution in [0.2, 0.25) is 0 Å². The number of carbonyl (C=O) groups excluding carboxylic acids is 1. The number of carboxylic acid groups (broad SMARTS) is 1. The Morgan fingerprint density at radius 3 is 2.05 bits per heavy atom. The average Bonchev–Trinajstić information content (AvgIpc) is 2.40. The first-order valence-corrected chi connectivity index (χ1v) is 6.99. The van der Waals surface area contributed by atoms with E-state index in [-0.39, 0.29) is 17.5 Å². The molecular weight excluding hydrogens is 254 g/mol. The average molecular weight is 277 g/mol. The second kappa shape index (κ2) is 6.55. The number of rotatable bonds is 5. The first kappa shape index (κ1) is 16.2. The van der Waals surface area contributed by atoms with E-state index in [1.807, 2.05) is 20.8 Å². The van der Waals surface area contributed by atoms with Gasteiger partial charge in [-0.2, -0.15) is 0 Å². The molecule has 0 aliphatic carbocycles. The molecular formula is C16H23NO3. The van der Waals surface area contributed by atoms with Gasteiger partial charge in [-0.05, 0) is 45.2 Å². The van der Waals surface area contributed by atoms with E-state index < -0.39 is 5.97 Å². The Morgan fingerprint density at radius 1 is 1.15 bits per heavy atom. The Morgan fingerprint density at radius 2 is 1.65 bits per heavy atom. The fraction of sp³-hybridized carbons (Fsp3) is 0.500. The summed E-state index contributed by atoms with van der Waals surface area (Å²) in [5.41, 5.74) is 1.77. The van der Waals surface area contributed by atoms with Crippen molar-refractivity contribution in [2.45, 2.75) is 47.1 Å². The summed E-state index contributed by atoms with van der Waals surface area (Å²) in [6.07, 6.45) is 0.840. The molecule has 1 aromatic rings. The Balaban J connectivity index is 3.41. The molecule has 4 nitrogen and oxygen atoms in total. The minimum Gasteiger partial charge on any atom is -0.478 e. The normalized spacial score (nSPS) is 12.1. The van der Waals surface area contributed by atoms with Crippen LogP contribution in [0.3, 0.4) is 0 Å². The lowest BCUT2D eigenvalue weighted by atomic mass is 9.95. The maximum Gasteiger partial charge on any atom is 0.336 e. The highest BCUT2D eigenvalue weighted by molar-refractivity contribution is 6.06. The molecule has 0 radical (unpaired) electrons. The van der Waals surface area contributed by atoms with Crippen LogP contribution in [0.4, 0.5) is 0 Å². The third kappa shape index (κ3) is 3.00. The summed E-state index contributed by atoms with van der Waals surface area (Å²) >= 11 is 0. The van der Waals surface area contributed by atoms with Crippen LogP contribution in [0, 0.1) is 13.8 Å². The summed E-state index contributed by atoms with van der Waals surface area (Å²) in [7, 11) is 0.